The largest absolute Gasteiger partial charge is 0.352 e. The fourth-order valence-corrected chi connectivity index (χ4v) is 2.96. The molecule has 2 N–H and O–H groups in total. The van der Waals surface area contributed by atoms with Gasteiger partial charge in [0.15, 0.2) is 5.78 Å². The van der Waals surface area contributed by atoms with Crippen molar-refractivity contribution in [3.8, 4) is 0 Å². The van der Waals surface area contributed by atoms with Gasteiger partial charge < -0.3 is 10.6 Å². The Kier molecular flexibility index (Phi) is 5.38. The van der Waals surface area contributed by atoms with Crippen LogP contribution in [0, 0.1) is 11.8 Å². The number of anilines is 1. The molecule has 134 valence electrons. The van der Waals surface area contributed by atoms with E-state index in [4.69, 9.17) is 11.6 Å². The maximum Gasteiger partial charge on any atom is 0.228 e. The minimum absolute atomic E-state index is 0.0275. The highest BCUT2D eigenvalue weighted by Gasteiger charge is 2.47. The van der Waals surface area contributed by atoms with E-state index < -0.39 is 0 Å². The molecule has 1 aliphatic rings. The van der Waals surface area contributed by atoms with Crippen molar-refractivity contribution in [2.24, 2.45) is 11.8 Å². The zero-order valence-electron chi connectivity index (χ0n) is 14.3. The highest BCUT2D eigenvalue weighted by atomic mass is 35.5. The Bertz CT molecular complexity index is 848. The van der Waals surface area contributed by atoms with Gasteiger partial charge in [0.2, 0.25) is 11.8 Å². The van der Waals surface area contributed by atoms with Crippen LogP contribution >= 0.6 is 11.6 Å². The quantitative estimate of drug-likeness (QED) is 0.765. The number of Topliss-reactive ketones (excluding diaryl/α,β-unsaturated/α-hetero) is 1. The number of hydrogen-bond donors (Lipinski definition) is 2. The summed E-state index contributed by atoms with van der Waals surface area (Å²) in [7, 11) is 0. The summed E-state index contributed by atoms with van der Waals surface area (Å²) in [4.78, 5) is 35.7. The van der Waals surface area contributed by atoms with Crippen LogP contribution in [0.15, 0.2) is 48.5 Å². The predicted molar refractivity (Wildman–Crippen MR) is 100.0 cm³/mol. The highest BCUT2D eigenvalue weighted by molar-refractivity contribution is 6.31. The second kappa shape index (κ2) is 7.70. The Hall–Kier alpha value is -2.66. The van der Waals surface area contributed by atoms with Crippen LogP contribution in [0.5, 0.6) is 0 Å². The van der Waals surface area contributed by atoms with E-state index in [2.05, 4.69) is 10.6 Å². The molecule has 3 rings (SSSR count). The van der Waals surface area contributed by atoms with E-state index in [1.165, 1.54) is 6.92 Å². The third-order valence-electron chi connectivity index (χ3n) is 4.43. The van der Waals surface area contributed by atoms with Gasteiger partial charge in [-0.25, -0.2) is 0 Å². The van der Waals surface area contributed by atoms with E-state index in [1.807, 2.05) is 18.2 Å². The third kappa shape index (κ3) is 4.29. The molecule has 2 aromatic rings. The molecule has 2 aromatic carbocycles. The molecule has 0 radical (unpaired) electrons. The molecule has 6 heteroatoms. The fraction of sp³-hybridized carbons (Fsp3) is 0.250. The Labute approximate surface area is 156 Å². The van der Waals surface area contributed by atoms with Crippen LogP contribution in [0.2, 0.25) is 5.02 Å². The molecule has 0 saturated heterocycles. The van der Waals surface area contributed by atoms with Gasteiger partial charge in [0.25, 0.3) is 0 Å². The van der Waals surface area contributed by atoms with Gasteiger partial charge in [0, 0.05) is 22.8 Å². The van der Waals surface area contributed by atoms with Gasteiger partial charge >= 0.3 is 0 Å². The summed E-state index contributed by atoms with van der Waals surface area (Å²) in [6.45, 7) is 1.83. The van der Waals surface area contributed by atoms with Crippen molar-refractivity contribution in [3.05, 3.63) is 64.7 Å². The SMILES string of the molecule is CC(=O)c1ccc(NC(=O)C2CC2C(=O)NCc2ccccc2Cl)cc1. The lowest BCUT2D eigenvalue weighted by Crippen LogP contribution is -2.27. The summed E-state index contributed by atoms with van der Waals surface area (Å²) in [6.07, 6.45) is 0.533. The van der Waals surface area contributed by atoms with Crippen LogP contribution in [0.3, 0.4) is 0 Å². The topological polar surface area (TPSA) is 75.3 Å². The molecule has 0 heterocycles. The van der Waals surface area contributed by atoms with E-state index in [1.54, 1.807) is 30.3 Å². The lowest BCUT2D eigenvalue weighted by Gasteiger charge is -2.07. The van der Waals surface area contributed by atoms with Crippen molar-refractivity contribution in [1.82, 2.24) is 5.32 Å². The molecule has 1 fully saturated rings. The average Bonchev–Trinajstić information content (AvgIpc) is 3.42. The number of carbonyl (C=O) groups excluding carboxylic acids is 3. The number of amides is 2. The van der Waals surface area contributed by atoms with Crippen molar-refractivity contribution in [3.63, 3.8) is 0 Å². The van der Waals surface area contributed by atoms with Gasteiger partial charge in [-0.2, -0.15) is 0 Å². The standard InChI is InChI=1S/C20H19ClN2O3/c1-12(24)13-6-8-15(9-7-13)23-20(26)17-10-16(17)19(25)22-11-14-4-2-3-5-18(14)21/h2-9,16-17H,10-11H2,1H3,(H,22,25)(H,23,26). The van der Waals surface area contributed by atoms with Gasteiger partial charge in [-0.1, -0.05) is 29.8 Å². The molecule has 2 atom stereocenters. The summed E-state index contributed by atoms with van der Waals surface area (Å²) in [5.74, 6) is -0.988. The van der Waals surface area contributed by atoms with Crippen LogP contribution in [0.4, 0.5) is 5.69 Å². The van der Waals surface area contributed by atoms with Crippen LogP contribution in [0.1, 0.15) is 29.3 Å². The lowest BCUT2D eigenvalue weighted by molar-refractivity contribution is -0.125. The van der Waals surface area contributed by atoms with Gasteiger partial charge in [-0.05, 0) is 49.2 Å². The monoisotopic (exact) mass is 370 g/mol. The maximum atomic E-state index is 12.3. The highest BCUT2D eigenvalue weighted by Crippen LogP contribution is 2.39. The van der Waals surface area contributed by atoms with E-state index in [9.17, 15) is 14.4 Å². The number of halogens is 1. The second-order valence-electron chi connectivity index (χ2n) is 6.38. The summed E-state index contributed by atoms with van der Waals surface area (Å²) in [6, 6.07) is 14.0. The first kappa shape index (κ1) is 18.1. The molecule has 26 heavy (non-hydrogen) atoms. The first-order chi connectivity index (χ1) is 12.5. The normalized spacial score (nSPS) is 18.1. The number of hydrogen-bond acceptors (Lipinski definition) is 3. The summed E-state index contributed by atoms with van der Waals surface area (Å²) in [5.41, 5.74) is 2.04. The van der Waals surface area contributed by atoms with Crippen LogP contribution < -0.4 is 10.6 Å². The Morgan fingerprint density at radius 1 is 1.00 bits per heavy atom. The van der Waals surface area contributed by atoms with Gasteiger partial charge in [-0.3, -0.25) is 14.4 Å². The third-order valence-corrected chi connectivity index (χ3v) is 4.80. The predicted octanol–water partition coefficient (Wildman–Crippen LogP) is 3.43. The second-order valence-corrected chi connectivity index (χ2v) is 6.79. The van der Waals surface area contributed by atoms with Crippen molar-refractivity contribution in [1.29, 1.82) is 0 Å². The van der Waals surface area contributed by atoms with E-state index >= 15 is 0 Å². The molecule has 0 aromatic heterocycles. The molecule has 0 bridgehead atoms. The Morgan fingerprint density at radius 3 is 2.31 bits per heavy atom. The molecule has 5 nitrogen and oxygen atoms in total. The number of rotatable bonds is 6. The van der Waals surface area contributed by atoms with E-state index in [-0.39, 0.29) is 29.4 Å². The van der Waals surface area contributed by atoms with Gasteiger partial charge in [0.1, 0.15) is 0 Å². The zero-order valence-corrected chi connectivity index (χ0v) is 15.0. The van der Waals surface area contributed by atoms with Crippen LogP contribution in [0.25, 0.3) is 0 Å². The summed E-state index contributed by atoms with van der Waals surface area (Å²) in [5, 5.41) is 6.22. The number of carbonyl (C=O) groups is 3. The van der Waals surface area contributed by atoms with Gasteiger partial charge in [-0.15, -0.1) is 0 Å². The molecule has 0 spiro atoms. The minimum Gasteiger partial charge on any atom is -0.352 e. The molecule has 0 aliphatic heterocycles. The molecule has 2 amide bonds. The van der Waals surface area contributed by atoms with E-state index in [0.29, 0.717) is 29.2 Å². The van der Waals surface area contributed by atoms with Crippen molar-refractivity contribution < 1.29 is 14.4 Å². The van der Waals surface area contributed by atoms with Crippen LogP contribution in [-0.4, -0.2) is 17.6 Å². The first-order valence-corrected chi connectivity index (χ1v) is 8.76. The van der Waals surface area contributed by atoms with Gasteiger partial charge in [0.05, 0.1) is 11.8 Å². The molecular formula is C20H19ClN2O3. The summed E-state index contributed by atoms with van der Waals surface area (Å²) < 4.78 is 0. The van der Waals surface area contributed by atoms with Crippen molar-refractivity contribution >= 4 is 34.9 Å². The smallest absolute Gasteiger partial charge is 0.228 e. The Morgan fingerprint density at radius 2 is 1.65 bits per heavy atom. The van der Waals surface area contributed by atoms with Crippen molar-refractivity contribution in [2.75, 3.05) is 5.32 Å². The molecule has 1 aliphatic carbocycles. The molecular weight excluding hydrogens is 352 g/mol. The van der Waals surface area contributed by atoms with E-state index in [0.717, 1.165) is 5.56 Å². The van der Waals surface area contributed by atoms with Crippen molar-refractivity contribution in [2.45, 2.75) is 19.9 Å². The first-order valence-electron chi connectivity index (χ1n) is 8.38. The number of nitrogens with one attached hydrogen (secondary N) is 2. The number of benzene rings is 2. The number of ketones is 1. The fourth-order valence-electron chi connectivity index (χ4n) is 2.75. The zero-order chi connectivity index (χ0) is 18.7. The maximum absolute atomic E-state index is 12.3. The molecule has 1 saturated carbocycles. The average molecular weight is 371 g/mol. The molecule has 2 unspecified atom stereocenters. The van der Waals surface area contributed by atoms with Crippen LogP contribution in [-0.2, 0) is 16.1 Å². The lowest BCUT2D eigenvalue weighted by atomic mass is 10.1. The Balaban J connectivity index is 1.49. The minimum atomic E-state index is -0.325. The summed E-state index contributed by atoms with van der Waals surface area (Å²) >= 11 is 6.07.